The molecule has 0 fully saturated rings. The Labute approximate surface area is 189 Å². The van der Waals surface area contributed by atoms with Gasteiger partial charge in [0.25, 0.3) is 0 Å². The quantitative estimate of drug-likeness (QED) is 0.409. The third-order valence-electron chi connectivity index (χ3n) is 6.15. The van der Waals surface area contributed by atoms with Gasteiger partial charge in [-0.05, 0) is 37.3 Å². The van der Waals surface area contributed by atoms with E-state index in [1.165, 1.54) is 0 Å². The first-order chi connectivity index (χ1) is 15.4. The molecule has 0 saturated heterocycles. The predicted octanol–water partition coefficient (Wildman–Crippen LogP) is 5.44. The summed E-state index contributed by atoms with van der Waals surface area (Å²) in [6, 6.07) is 20.0. The van der Waals surface area contributed by atoms with E-state index >= 15 is 0 Å². The summed E-state index contributed by atoms with van der Waals surface area (Å²) in [5.74, 6) is -0.345. The van der Waals surface area contributed by atoms with Crippen molar-refractivity contribution in [3.8, 4) is 0 Å². The summed E-state index contributed by atoms with van der Waals surface area (Å²) in [4.78, 5) is 19.7. The average Bonchev–Trinajstić information content (AvgIpc) is 3.27. The predicted molar refractivity (Wildman–Crippen MR) is 129 cm³/mol. The molecule has 4 aromatic rings. The highest BCUT2D eigenvalue weighted by atomic mass is 16.6. The van der Waals surface area contributed by atoms with Crippen molar-refractivity contribution in [2.24, 2.45) is 7.05 Å². The van der Waals surface area contributed by atoms with Crippen molar-refractivity contribution < 1.29 is 9.53 Å². The van der Waals surface area contributed by atoms with E-state index in [1.54, 1.807) is 18.3 Å². The second-order valence-corrected chi connectivity index (χ2v) is 7.95. The van der Waals surface area contributed by atoms with Crippen molar-refractivity contribution in [3.05, 3.63) is 94.9 Å². The maximum Gasteiger partial charge on any atom is 0.341 e. The standard InChI is InChI=1S/C25H23N3O2.C2H6/c1-16-22(19-8-5-6-10-21(19)28(16)4)25(17-11-13-18(14-12-17)27(2)3)23-20(24(29)30-25)9-7-15-26-23;1-2/h5-15H,1-4H3;1-2H3. The molecule has 5 nitrogen and oxygen atoms in total. The van der Waals surface area contributed by atoms with E-state index in [-0.39, 0.29) is 5.97 Å². The minimum atomic E-state index is -1.09. The van der Waals surface area contributed by atoms with Crippen LogP contribution < -0.4 is 4.90 Å². The van der Waals surface area contributed by atoms with E-state index in [0.717, 1.165) is 33.4 Å². The van der Waals surface area contributed by atoms with Gasteiger partial charge >= 0.3 is 5.97 Å². The molecule has 32 heavy (non-hydrogen) atoms. The molecule has 1 aliphatic heterocycles. The number of cyclic esters (lactones) is 1. The molecular formula is C27H29N3O2. The minimum Gasteiger partial charge on any atom is -0.439 e. The molecule has 5 rings (SSSR count). The van der Waals surface area contributed by atoms with Crippen molar-refractivity contribution in [2.75, 3.05) is 19.0 Å². The Kier molecular flexibility index (Phi) is 5.51. The molecule has 0 N–H and O–H groups in total. The molecule has 0 radical (unpaired) electrons. The first-order valence-electron chi connectivity index (χ1n) is 11.0. The van der Waals surface area contributed by atoms with Crippen molar-refractivity contribution >= 4 is 22.6 Å². The van der Waals surface area contributed by atoms with Crippen molar-refractivity contribution in [3.63, 3.8) is 0 Å². The van der Waals surface area contributed by atoms with E-state index in [0.29, 0.717) is 11.3 Å². The molecule has 0 spiro atoms. The van der Waals surface area contributed by atoms with Crippen LogP contribution in [-0.2, 0) is 17.4 Å². The summed E-state index contributed by atoms with van der Waals surface area (Å²) < 4.78 is 8.41. The Balaban J connectivity index is 0.00000119. The summed E-state index contributed by atoms with van der Waals surface area (Å²) in [6.07, 6.45) is 1.73. The molecule has 3 heterocycles. The fraction of sp³-hybridized carbons (Fsp3) is 0.259. The zero-order valence-corrected chi connectivity index (χ0v) is 19.5. The topological polar surface area (TPSA) is 47.4 Å². The summed E-state index contributed by atoms with van der Waals surface area (Å²) in [7, 11) is 6.05. The van der Waals surface area contributed by atoms with Crippen LogP contribution in [0, 0.1) is 6.92 Å². The number of hydrogen-bond acceptors (Lipinski definition) is 4. The van der Waals surface area contributed by atoms with Gasteiger partial charge in [-0.1, -0.05) is 44.2 Å². The Morgan fingerprint density at radius 2 is 1.66 bits per heavy atom. The Bertz CT molecular complexity index is 1290. The molecule has 1 unspecified atom stereocenters. The molecule has 1 aliphatic rings. The molecule has 0 aliphatic carbocycles. The second kappa shape index (κ2) is 8.15. The molecule has 0 bridgehead atoms. The Morgan fingerprint density at radius 3 is 2.34 bits per heavy atom. The number of rotatable bonds is 3. The highest BCUT2D eigenvalue weighted by molar-refractivity contribution is 5.98. The number of anilines is 1. The van der Waals surface area contributed by atoms with Crippen LogP contribution in [0.25, 0.3) is 10.9 Å². The van der Waals surface area contributed by atoms with Gasteiger partial charge in [0.15, 0.2) is 0 Å². The van der Waals surface area contributed by atoms with Gasteiger partial charge in [0.05, 0.1) is 5.56 Å². The zero-order chi connectivity index (χ0) is 23.0. The minimum absolute atomic E-state index is 0.345. The molecular weight excluding hydrogens is 398 g/mol. The highest BCUT2D eigenvalue weighted by Crippen LogP contribution is 2.49. The highest BCUT2D eigenvalue weighted by Gasteiger charge is 2.52. The van der Waals surface area contributed by atoms with Crippen molar-refractivity contribution in [2.45, 2.75) is 26.4 Å². The number of pyridine rings is 1. The lowest BCUT2D eigenvalue weighted by atomic mass is 9.81. The monoisotopic (exact) mass is 427 g/mol. The maximum atomic E-state index is 13.0. The number of esters is 1. The van der Waals surface area contributed by atoms with Crippen LogP contribution >= 0.6 is 0 Å². The fourth-order valence-electron chi connectivity index (χ4n) is 4.56. The van der Waals surface area contributed by atoms with Crippen LogP contribution in [0.5, 0.6) is 0 Å². The Hall–Kier alpha value is -3.60. The van der Waals surface area contributed by atoms with E-state index < -0.39 is 5.60 Å². The van der Waals surface area contributed by atoms with E-state index in [1.807, 2.05) is 76.3 Å². The third kappa shape index (κ3) is 3.00. The number of nitrogens with zero attached hydrogens (tertiary/aromatic N) is 3. The van der Waals surface area contributed by atoms with Crippen molar-refractivity contribution in [1.82, 2.24) is 9.55 Å². The number of ether oxygens (including phenoxy) is 1. The van der Waals surface area contributed by atoms with E-state index in [4.69, 9.17) is 4.74 Å². The molecule has 2 aromatic heterocycles. The number of hydrogen-bond donors (Lipinski definition) is 0. The molecule has 0 amide bonds. The number of aryl methyl sites for hydroxylation is 1. The number of carbonyl (C=O) groups is 1. The van der Waals surface area contributed by atoms with Crippen LogP contribution in [0.1, 0.15) is 46.7 Å². The average molecular weight is 428 g/mol. The van der Waals surface area contributed by atoms with Crippen LogP contribution in [0.4, 0.5) is 5.69 Å². The molecule has 5 heteroatoms. The van der Waals surface area contributed by atoms with Gasteiger partial charge in [0.2, 0.25) is 5.60 Å². The van der Waals surface area contributed by atoms with Crippen molar-refractivity contribution in [1.29, 1.82) is 0 Å². The Morgan fingerprint density at radius 1 is 0.969 bits per heavy atom. The number of para-hydroxylation sites is 1. The zero-order valence-electron chi connectivity index (χ0n) is 19.5. The largest absolute Gasteiger partial charge is 0.439 e. The summed E-state index contributed by atoms with van der Waals surface area (Å²) in [6.45, 7) is 6.07. The second-order valence-electron chi connectivity index (χ2n) is 7.95. The fourth-order valence-corrected chi connectivity index (χ4v) is 4.56. The number of aromatic nitrogens is 2. The van der Waals surface area contributed by atoms with Crippen LogP contribution in [0.3, 0.4) is 0 Å². The van der Waals surface area contributed by atoms with Gasteiger partial charge in [0, 0.05) is 60.8 Å². The molecule has 164 valence electrons. The van der Waals surface area contributed by atoms with Crippen LogP contribution in [0.15, 0.2) is 66.9 Å². The van der Waals surface area contributed by atoms with Gasteiger partial charge in [-0.3, -0.25) is 4.98 Å². The normalized spacial score (nSPS) is 16.9. The number of benzene rings is 2. The van der Waals surface area contributed by atoms with Crippen LogP contribution in [0.2, 0.25) is 0 Å². The lowest BCUT2D eigenvalue weighted by Crippen LogP contribution is -2.31. The first-order valence-corrected chi connectivity index (χ1v) is 11.0. The van der Waals surface area contributed by atoms with E-state index in [2.05, 4.69) is 28.6 Å². The van der Waals surface area contributed by atoms with E-state index in [9.17, 15) is 4.79 Å². The van der Waals surface area contributed by atoms with Gasteiger partial charge in [-0.25, -0.2) is 4.79 Å². The number of fused-ring (bicyclic) bond motifs is 2. The third-order valence-corrected chi connectivity index (χ3v) is 6.15. The molecule has 1 atom stereocenters. The number of carbonyl (C=O) groups excluding carboxylic acids is 1. The maximum absolute atomic E-state index is 13.0. The van der Waals surface area contributed by atoms with Gasteiger partial charge in [0.1, 0.15) is 5.69 Å². The van der Waals surface area contributed by atoms with Gasteiger partial charge < -0.3 is 14.2 Å². The van der Waals surface area contributed by atoms with Gasteiger partial charge in [-0.2, -0.15) is 0 Å². The van der Waals surface area contributed by atoms with Crippen LogP contribution in [-0.4, -0.2) is 29.6 Å². The van der Waals surface area contributed by atoms with Gasteiger partial charge in [-0.15, -0.1) is 0 Å². The smallest absolute Gasteiger partial charge is 0.341 e. The SMILES string of the molecule is CC.Cc1c(C2(c3ccc(N(C)C)cc3)OC(=O)c3cccnc32)c2ccccc2n1C. The summed E-state index contributed by atoms with van der Waals surface area (Å²) in [5, 5.41) is 1.06. The molecule has 2 aromatic carbocycles. The summed E-state index contributed by atoms with van der Waals surface area (Å²) in [5.41, 5.74) is 5.13. The first kappa shape index (κ1) is 21.6. The lowest BCUT2D eigenvalue weighted by molar-refractivity contribution is 0.0245. The summed E-state index contributed by atoms with van der Waals surface area (Å²) >= 11 is 0. The lowest BCUT2D eigenvalue weighted by Gasteiger charge is -2.30. The molecule has 0 saturated carbocycles.